The number of furan rings is 1. The first-order valence-corrected chi connectivity index (χ1v) is 10.2. The van der Waals surface area contributed by atoms with E-state index >= 15 is 0 Å². The molecule has 2 heterocycles. The van der Waals surface area contributed by atoms with E-state index in [0.29, 0.717) is 23.7 Å². The van der Waals surface area contributed by atoms with E-state index in [0.717, 1.165) is 36.4 Å². The third-order valence-electron chi connectivity index (χ3n) is 4.89. The average molecular weight is 413 g/mol. The summed E-state index contributed by atoms with van der Waals surface area (Å²) in [6.07, 6.45) is 5.22. The lowest BCUT2D eigenvalue weighted by Crippen LogP contribution is -2.28. The Kier molecular flexibility index (Phi) is 6.94. The number of carbonyl (C=O) groups excluding carboxylic acids is 1. The van der Waals surface area contributed by atoms with Crippen LogP contribution in [0.2, 0.25) is 5.02 Å². The maximum atomic E-state index is 13.1. The van der Waals surface area contributed by atoms with E-state index in [4.69, 9.17) is 16.0 Å². The normalized spacial score (nSPS) is 10.9. The molecule has 0 fully saturated rings. The second-order valence-electron chi connectivity index (χ2n) is 7.03. The van der Waals surface area contributed by atoms with E-state index in [-0.39, 0.29) is 11.0 Å². The minimum Gasteiger partial charge on any atom is -0.467 e. The zero-order valence-corrected chi connectivity index (χ0v) is 17.5. The summed E-state index contributed by atoms with van der Waals surface area (Å²) in [5.41, 5.74) is 1.89. The lowest BCUT2D eigenvalue weighted by atomic mass is 10.0. The highest BCUT2D eigenvalue weighted by molar-refractivity contribution is 6.33. The van der Waals surface area contributed by atoms with Crippen LogP contribution in [0.3, 0.4) is 0 Å². The molecule has 0 unspecified atom stereocenters. The van der Waals surface area contributed by atoms with Gasteiger partial charge in [0.05, 0.1) is 23.5 Å². The van der Waals surface area contributed by atoms with Gasteiger partial charge in [0, 0.05) is 17.5 Å². The fourth-order valence-corrected chi connectivity index (χ4v) is 3.58. The molecule has 152 valence electrons. The smallest absolute Gasteiger partial charge is 0.261 e. The Bertz CT molecular complexity index is 1040. The van der Waals surface area contributed by atoms with Crippen LogP contribution in [0.5, 0.6) is 0 Å². The van der Waals surface area contributed by atoms with Crippen LogP contribution in [0, 0.1) is 6.92 Å². The van der Waals surface area contributed by atoms with E-state index in [1.165, 1.54) is 6.07 Å². The standard InChI is InChI=1S/C23H25ClN2O3/c1-3-4-5-12-20-22(23(28)25-19-11-7-6-10-18(19)24)21(27)14-16(2)26(20)15-17-9-8-13-29-17/h6-11,13-14H,3-5,12,15H2,1-2H3,(H,25,28). The number of aryl methyl sites for hydroxylation is 1. The number of halogens is 1. The number of para-hydroxylation sites is 1. The highest BCUT2D eigenvalue weighted by atomic mass is 35.5. The van der Waals surface area contributed by atoms with Gasteiger partial charge >= 0.3 is 0 Å². The molecule has 0 aliphatic carbocycles. The van der Waals surface area contributed by atoms with E-state index in [1.807, 2.05) is 23.6 Å². The molecule has 0 bridgehead atoms. The van der Waals surface area contributed by atoms with E-state index in [2.05, 4.69) is 12.2 Å². The van der Waals surface area contributed by atoms with Gasteiger partial charge in [0.2, 0.25) is 0 Å². The van der Waals surface area contributed by atoms with Gasteiger partial charge < -0.3 is 14.3 Å². The molecular weight excluding hydrogens is 388 g/mol. The highest BCUT2D eigenvalue weighted by Crippen LogP contribution is 2.22. The summed E-state index contributed by atoms with van der Waals surface area (Å²) in [4.78, 5) is 25.9. The van der Waals surface area contributed by atoms with Crippen LogP contribution in [0.4, 0.5) is 5.69 Å². The molecule has 0 saturated heterocycles. The first kappa shape index (κ1) is 20.9. The molecule has 5 nitrogen and oxygen atoms in total. The molecule has 0 aliphatic rings. The molecule has 1 amide bonds. The van der Waals surface area contributed by atoms with Crippen molar-refractivity contribution in [3.05, 3.63) is 86.7 Å². The number of amides is 1. The Balaban J connectivity index is 2.04. The number of unbranched alkanes of at least 4 members (excludes halogenated alkanes) is 2. The number of carbonyl (C=O) groups is 1. The first-order chi connectivity index (χ1) is 14.0. The van der Waals surface area contributed by atoms with E-state index in [1.54, 1.807) is 30.5 Å². The molecule has 29 heavy (non-hydrogen) atoms. The van der Waals surface area contributed by atoms with Crippen LogP contribution in [-0.2, 0) is 13.0 Å². The number of pyridine rings is 1. The van der Waals surface area contributed by atoms with Gasteiger partial charge in [0.1, 0.15) is 11.3 Å². The third-order valence-corrected chi connectivity index (χ3v) is 5.22. The van der Waals surface area contributed by atoms with Gasteiger partial charge in [0.25, 0.3) is 5.91 Å². The Labute approximate surface area is 175 Å². The monoisotopic (exact) mass is 412 g/mol. The fraction of sp³-hybridized carbons (Fsp3) is 0.304. The van der Waals surface area contributed by atoms with Crippen LogP contribution >= 0.6 is 11.6 Å². The van der Waals surface area contributed by atoms with Crippen molar-refractivity contribution in [2.45, 2.75) is 46.1 Å². The molecule has 0 spiro atoms. The minimum absolute atomic E-state index is 0.165. The molecule has 0 atom stereocenters. The summed E-state index contributed by atoms with van der Waals surface area (Å²) in [6.45, 7) is 4.47. The zero-order chi connectivity index (χ0) is 20.8. The summed E-state index contributed by atoms with van der Waals surface area (Å²) in [5, 5.41) is 3.22. The summed E-state index contributed by atoms with van der Waals surface area (Å²) < 4.78 is 7.50. The number of hydrogen-bond acceptors (Lipinski definition) is 3. The summed E-state index contributed by atoms with van der Waals surface area (Å²) in [7, 11) is 0. The zero-order valence-electron chi connectivity index (χ0n) is 16.7. The molecule has 2 aromatic heterocycles. The van der Waals surface area contributed by atoms with Crippen LogP contribution in [0.25, 0.3) is 0 Å². The predicted octanol–water partition coefficient (Wildman–Crippen LogP) is 5.44. The number of benzene rings is 1. The maximum Gasteiger partial charge on any atom is 0.261 e. The molecule has 0 aliphatic heterocycles. The van der Waals surface area contributed by atoms with Crippen molar-refractivity contribution in [2.24, 2.45) is 0 Å². The topological polar surface area (TPSA) is 64.2 Å². The third kappa shape index (κ3) is 4.98. The number of aromatic nitrogens is 1. The summed E-state index contributed by atoms with van der Waals surface area (Å²) >= 11 is 6.18. The number of hydrogen-bond donors (Lipinski definition) is 1. The molecule has 3 aromatic rings. The Morgan fingerprint density at radius 2 is 1.97 bits per heavy atom. The van der Waals surface area contributed by atoms with Crippen molar-refractivity contribution < 1.29 is 9.21 Å². The molecule has 1 N–H and O–H groups in total. The summed E-state index contributed by atoms with van der Waals surface area (Å²) in [6, 6.07) is 12.2. The van der Waals surface area contributed by atoms with Crippen molar-refractivity contribution in [2.75, 3.05) is 5.32 Å². The average Bonchev–Trinajstić information content (AvgIpc) is 3.19. The lowest BCUT2D eigenvalue weighted by molar-refractivity contribution is 0.102. The molecule has 3 rings (SSSR count). The van der Waals surface area contributed by atoms with Crippen molar-refractivity contribution >= 4 is 23.2 Å². The van der Waals surface area contributed by atoms with E-state index < -0.39 is 5.91 Å². The number of nitrogens with zero attached hydrogens (tertiary/aromatic N) is 1. The van der Waals surface area contributed by atoms with Crippen LogP contribution in [-0.4, -0.2) is 10.5 Å². The Hall–Kier alpha value is -2.79. The van der Waals surface area contributed by atoms with Crippen LogP contribution in [0.15, 0.2) is 57.9 Å². The second-order valence-corrected chi connectivity index (χ2v) is 7.44. The van der Waals surface area contributed by atoms with Crippen molar-refractivity contribution in [3.63, 3.8) is 0 Å². The van der Waals surface area contributed by atoms with Gasteiger partial charge in [-0.3, -0.25) is 9.59 Å². The SMILES string of the molecule is CCCCCc1c(C(=O)Nc2ccccc2Cl)c(=O)cc(C)n1Cc1ccco1. The number of anilines is 1. The van der Waals surface area contributed by atoms with Gasteiger partial charge in [-0.15, -0.1) is 0 Å². The molecule has 1 aromatic carbocycles. The van der Waals surface area contributed by atoms with Gasteiger partial charge in [-0.25, -0.2) is 0 Å². The maximum absolute atomic E-state index is 13.1. The van der Waals surface area contributed by atoms with E-state index in [9.17, 15) is 9.59 Å². The lowest BCUT2D eigenvalue weighted by Gasteiger charge is -2.19. The first-order valence-electron chi connectivity index (χ1n) is 9.82. The second kappa shape index (κ2) is 9.61. The molecule has 0 radical (unpaired) electrons. The fourth-order valence-electron chi connectivity index (χ4n) is 3.40. The van der Waals surface area contributed by atoms with Gasteiger partial charge in [-0.05, 0) is 44.0 Å². The molecular formula is C23H25ClN2O3. The quantitative estimate of drug-likeness (QED) is 0.501. The molecule has 6 heteroatoms. The number of nitrogens with one attached hydrogen (secondary N) is 1. The van der Waals surface area contributed by atoms with Crippen LogP contribution < -0.4 is 10.7 Å². The van der Waals surface area contributed by atoms with Crippen molar-refractivity contribution in [1.29, 1.82) is 0 Å². The Morgan fingerprint density at radius 1 is 1.17 bits per heavy atom. The van der Waals surface area contributed by atoms with Gasteiger partial charge in [0.15, 0.2) is 5.43 Å². The number of rotatable bonds is 8. The minimum atomic E-state index is -0.442. The van der Waals surface area contributed by atoms with Gasteiger partial charge in [-0.2, -0.15) is 0 Å². The Morgan fingerprint density at radius 3 is 2.66 bits per heavy atom. The van der Waals surface area contributed by atoms with Crippen LogP contribution in [0.1, 0.15) is 53.7 Å². The van der Waals surface area contributed by atoms with Gasteiger partial charge in [-0.1, -0.05) is 43.5 Å². The van der Waals surface area contributed by atoms with Crippen molar-refractivity contribution in [3.8, 4) is 0 Å². The summed E-state index contributed by atoms with van der Waals surface area (Å²) in [5.74, 6) is 0.328. The molecule has 0 saturated carbocycles. The highest BCUT2D eigenvalue weighted by Gasteiger charge is 2.21. The van der Waals surface area contributed by atoms with Crippen molar-refractivity contribution in [1.82, 2.24) is 4.57 Å². The largest absolute Gasteiger partial charge is 0.467 e. The predicted molar refractivity (Wildman–Crippen MR) is 116 cm³/mol.